The van der Waals surface area contributed by atoms with Gasteiger partial charge in [-0.1, -0.05) is 81.4 Å². The van der Waals surface area contributed by atoms with Gasteiger partial charge in [-0.25, -0.2) is 4.39 Å². The zero-order chi connectivity index (χ0) is 22.4. The number of carbonyl (C=O) groups excluding carboxylic acids is 1. The third kappa shape index (κ3) is 3.34. The van der Waals surface area contributed by atoms with Crippen LogP contribution in [0.2, 0.25) is 5.04 Å². The predicted octanol–water partition coefficient (Wildman–Crippen LogP) is 3.67. The van der Waals surface area contributed by atoms with E-state index in [0.29, 0.717) is 0 Å². The fourth-order valence-corrected chi connectivity index (χ4v) is 9.52. The van der Waals surface area contributed by atoms with Crippen LogP contribution in [0.1, 0.15) is 42.7 Å². The first-order valence-electron chi connectivity index (χ1n) is 11.3. The average Bonchev–Trinajstić information content (AvgIpc) is 3.17. The molecule has 2 fully saturated rings. The fraction of sp³-hybridized carbons (Fsp3) is 0.458. The molecule has 2 aliphatic heterocycles. The van der Waals surface area contributed by atoms with Gasteiger partial charge in [-0.3, -0.25) is 4.79 Å². The maximum Gasteiger partial charge on any atom is 0.261 e. The number of amides is 1. The van der Waals surface area contributed by atoms with Crippen LogP contribution in [0.15, 0.2) is 60.7 Å². The van der Waals surface area contributed by atoms with Crippen molar-refractivity contribution in [3.05, 3.63) is 60.7 Å². The first kappa shape index (κ1) is 17.8. The summed E-state index contributed by atoms with van der Waals surface area (Å²) in [4.78, 5) is 14.0. The van der Waals surface area contributed by atoms with Gasteiger partial charge in [-0.2, -0.15) is 0 Å². The molecule has 2 aliphatic rings. The van der Waals surface area contributed by atoms with E-state index in [0.717, 1.165) is 10.4 Å². The highest BCUT2D eigenvalue weighted by Gasteiger charge is 2.56. The van der Waals surface area contributed by atoms with E-state index in [9.17, 15) is 9.18 Å². The summed E-state index contributed by atoms with van der Waals surface area (Å²) in [5.41, 5.74) is -1.09. The Bertz CT molecular complexity index is 900. The molecule has 0 unspecified atom stereocenters. The number of rotatable bonds is 5. The quantitative estimate of drug-likeness (QED) is 0.700. The Morgan fingerprint density at radius 3 is 2.21 bits per heavy atom. The van der Waals surface area contributed by atoms with Gasteiger partial charge < -0.3 is 9.33 Å². The number of halogens is 1. The van der Waals surface area contributed by atoms with E-state index in [1.54, 1.807) is 0 Å². The van der Waals surface area contributed by atoms with Crippen LogP contribution in [-0.4, -0.2) is 44.0 Å². The van der Waals surface area contributed by atoms with E-state index in [-0.39, 0.29) is 24.6 Å². The van der Waals surface area contributed by atoms with Crippen molar-refractivity contribution in [2.75, 3.05) is 13.2 Å². The Hall–Kier alpha value is -1.98. The average molecular weight is 414 g/mol. The summed E-state index contributed by atoms with van der Waals surface area (Å²) < 4.78 is 38.2. The van der Waals surface area contributed by atoms with Gasteiger partial charge >= 0.3 is 0 Å². The standard InChI is InChI=1S/C24H30FNO2Si/c1-23(2,3)29(20-10-6-4-7-11-20,21-12-8-5-9-13-21)28-18-24-15-14-22(27)26(24)17-19(25)16-24/h4-13,19H,14-18H2,1-3H3/t19-,24+/m1/s1/i14D,15D/t14-,15+,19+,24-/m0. The van der Waals surface area contributed by atoms with Crippen LogP contribution in [0.3, 0.4) is 0 Å². The third-order valence-corrected chi connectivity index (χ3v) is 11.2. The lowest BCUT2D eigenvalue weighted by atomic mass is 9.95. The lowest BCUT2D eigenvalue weighted by Crippen LogP contribution is -2.68. The molecule has 0 radical (unpaired) electrons. The van der Waals surface area contributed by atoms with E-state index >= 15 is 0 Å². The number of carbonyl (C=O) groups is 1. The van der Waals surface area contributed by atoms with Crippen molar-refractivity contribution in [1.82, 2.24) is 4.90 Å². The molecule has 4 rings (SSSR count). The number of benzene rings is 2. The molecule has 0 aromatic heterocycles. The topological polar surface area (TPSA) is 29.5 Å². The van der Waals surface area contributed by atoms with Gasteiger partial charge in [0.2, 0.25) is 5.91 Å². The van der Waals surface area contributed by atoms with Gasteiger partial charge in [-0.15, -0.1) is 0 Å². The SMILES string of the molecule is [2H][C@@H]1C(=O)N2C[C@H](F)C[C@]2(CO[Si](c2ccccc2)(c2ccccc2)C(C)(C)C)[C@@H]1[2H]. The molecule has 0 bridgehead atoms. The molecule has 2 heterocycles. The molecule has 154 valence electrons. The molecular weight excluding hydrogens is 381 g/mol. The second kappa shape index (κ2) is 7.37. The van der Waals surface area contributed by atoms with Crippen LogP contribution in [-0.2, 0) is 9.22 Å². The Balaban J connectivity index is 1.82. The Morgan fingerprint density at radius 1 is 1.14 bits per heavy atom. The summed E-state index contributed by atoms with van der Waals surface area (Å²) in [6, 6.07) is 20.3. The summed E-state index contributed by atoms with van der Waals surface area (Å²) in [7, 11) is -2.88. The smallest absolute Gasteiger partial charge is 0.261 e. The highest BCUT2D eigenvalue weighted by Crippen LogP contribution is 2.43. The first-order chi connectivity index (χ1) is 14.6. The van der Waals surface area contributed by atoms with Crippen LogP contribution in [0, 0.1) is 0 Å². The molecule has 0 spiro atoms. The first-order valence-corrected chi connectivity index (χ1v) is 12.1. The van der Waals surface area contributed by atoms with Crippen LogP contribution < -0.4 is 10.4 Å². The van der Waals surface area contributed by atoms with Crippen LogP contribution >= 0.6 is 0 Å². The number of nitrogens with zero attached hydrogens (tertiary/aromatic N) is 1. The molecule has 0 N–H and O–H groups in total. The zero-order valence-electron chi connectivity index (χ0n) is 19.3. The van der Waals surface area contributed by atoms with Crippen LogP contribution in [0.4, 0.5) is 4.39 Å². The summed E-state index contributed by atoms with van der Waals surface area (Å²) in [6.45, 7) is 6.50. The normalized spacial score (nSPS) is 30.8. The molecule has 0 saturated carbocycles. The summed E-state index contributed by atoms with van der Waals surface area (Å²) in [5.74, 6) is -0.453. The van der Waals surface area contributed by atoms with E-state index in [1.807, 2.05) is 36.4 Å². The van der Waals surface area contributed by atoms with Gasteiger partial charge in [0.1, 0.15) is 6.17 Å². The largest absolute Gasteiger partial charge is 0.405 e. The van der Waals surface area contributed by atoms with Crippen molar-refractivity contribution in [2.24, 2.45) is 0 Å². The van der Waals surface area contributed by atoms with Gasteiger partial charge in [0.05, 0.1) is 18.7 Å². The lowest BCUT2D eigenvalue weighted by Gasteiger charge is -2.45. The maximum atomic E-state index is 14.5. The van der Waals surface area contributed by atoms with Gasteiger partial charge in [0, 0.05) is 15.6 Å². The zero-order valence-corrected chi connectivity index (χ0v) is 18.3. The second-order valence-corrected chi connectivity index (χ2v) is 13.4. The van der Waals surface area contributed by atoms with E-state index in [4.69, 9.17) is 7.17 Å². The maximum absolute atomic E-state index is 14.5. The predicted molar refractivity (Wildman–Crippen MR) is 117 cm³/mol. The molecular formula is C24H30FNO2Si. The minimum Gasteiger partial charge on any atom is -0.405 e. The van der Waals surface area contributed by atoms with Crippen LogP contribution in [0.25, 0.3) is 0 Å². The number of hydrogen-bond donors (Lipinski definition) is 0. The van der Waals surface area contributed by atoms with Gasteiger partial charge in [0.15, 0.2) is 0 Å². The molecule has 1 amide bonds. The molecule has 2 aromatic rings. The molecule has 29 heavy (non-hydrogen) atoms. The van der Waals surface area contributed by atoms with Crippen molar-refractivity contribution in [2.45, 2.75) is 56.7 Å². The van der Waals surface area contributed by atoms with Crippen molar-refractivity contribution < 1.29 is 16.4 Å². The number of alkyl halides is 1. The molecule has 3 nitrogen and oxygen atoms in total. The van der Waals surface area contributed by atoms with Gasteiger partial charge in [0.25, 0.3) is 8.32 Å². The minimum atomic E-state index is -2.88. The fourth-order valence-electron chi connectivity index (χ4n) is 4.90. The van der Waals surface area contributed by atoms with Crippen molar-refractivity contribution in [1.29, 1.82) is 0 Å². The third-order valence-electron chi connectivity index (χ3n) is 6.25. The second-order valence-electron chi connectivity index (χ2n) is 9.14. The summed E-state index contributed by atoms with van der Waals surface area (Å²) in [6.07, 6.45) is -3.35. The van der Waals surface area contributed by atoms with E-state index < -0.39 is 38.7 Å². The Labute approximate surface area is 176 Å². The molecule has 4 atom stereocenters. The van der Waals surface area contributed by atoms with Crippen molar-refractivity contribution in [3.8, 4) is 0 Å². The van der Waals surface area contributed by atoms with E-state index in [1.165, 1.54) is 4.90 Å². The minimum absolute atomic E-state index is 0.0479. The van der Waals surface area contributed by atoms with Gasteiger partial charge in [-0.05, 0) is 21.8 Å². The molecule has 2 saturated heterocycles. The number of hydrogen-bond acceptors (Lipinski definition) is 2. The highest BCUT2D eigenvalue weighted by atomic mass is 28.4. The van der Waals surface area contributed by atoms with Crippen LogP contribution in [0.5, 0.6) is 0 Å². The Kier molecular flexibility index (Phi) is 4.53. The molecule has 2 aromatic carbocycles. The number of fused-ring (bicyclic) bond motifs is 1. The monoisotopic (exact) mass is 413 g/mol. The molecule has 0 aliphatic carbocycles. The highest BCUT2D eigenvalue weighted by molar-refractivity contribution is 6.99. The summed E-state index contributed by atoms with van der Waals surface area (Å²) >= 11 is 0. The lowest BCUT2D eigenvalue weighted by molar-refractivity contribution is -0.130. The molecule has 5 heteroatoms. The Morgan fingerprint density at radius 2 is 1.69 bits per heavy atom. The van der Waals surface area contributed by atoms with Crippen molar-refractivity contribution in [3.63, 3.8) is 0 Å². The van der Waals surface area contributed by atoms with Crippen molar-refractivity contribution >= 4 is 24.6 Å². The van der Waals surface area contributed by atoms with E-state index in [2.05, 4.69) is 45.0 Å². The summed E-state index contributed by atoms with van der Waals surface area (Å²) in [5, 5.41) is 1.94.